The first-order chi connectivity index (χ1) is 14.3. The fraction of sp³-hybridized carbons (Fsp3) is 0.261. The molecule has 2 aromatic carbocycles. The van der Waals surface area contributed by atoms with Crippen LogP contribution in [0.2, 0.25) is 0 Å². The lowest BCUT2D eigenvalue weighted by Gasteiger charge is -2.14. The first-order valence-corrected chi connectivity index (χ1v) is 10.5. The predicted molar refractivity (Wildman–Crippen MR) is 118 cm³/mol. The molecule has 7 heteroatoms. The molecule has 0 spiro atoms. The smallest absolute Gasteiger partial charge is 0.310 e. The van der Waals surface area contributed by atoms with E-state index in [1.54, 1.807) is 0 Å². The number of carbonyl (C=O) groups excluding carboxylic acids is 2. The first kappa shape index (κ1) is 21.8. The normalized spacial score (nSPS) is 11.7. The lowest BCUT2D eigenvalue weighted by atomic mass is 10.1. The summed E-state index contributed by atoms with van der Waals surface area (Å²) >= 11 is 3.39. The van der Waals surface area contributed by atoms with Crippen LogP contribution in [0.1, 0.15) is 35.5 Å². The lowest BCUT2D eigenvalue weighted by molar-refractivity contribution is -0.148. The molecule has 0 saturated carbocycles. The molecule has 1 unspecified atom stereocenters. The van der Waals surface area contributed by atoms with E-state index < -0.39 is 5.97 Å². The number of benzene rings is 2. The average Bonchev–Trinajstić information content (AvgIpc) is 3.01. The summed E-state index contributed by atoms with van der Waals surface area (Å²) in [5, 5.41) is 7.37. The largest absolute Gasteiger partial charge is 0.455 e. The fourth-order valence-electron chi connectivity index (χ4n) is 3.21. The van der Waals surface area contributed by atoms with E-state index in [-0.39, 0.29) is 25.0 Å². The molecule has 0 aliphatic heterocycles. The third-order valence-electron chi connectivity index (χ3n) is 4.87. The van der Waals surface area contributed by atoms with Gasteiger partial charge in [-0.25, -0.2) is 4.68 Å². The maximum Gasteiger partial charge on any atom is 0.310 e. The zero-order chi connectivity index (χ0) is 21.7. The van der Waals surface area contributed by atoms with Gasteiger partial charge >= 0.3 is 5.97 Å². The number of carbonyl (C=O) groups is 2. The van der Waals surface area contributed by atoms with Crippen molar-refractivity contribution in [2.45, 2.75) is 33.2 Å². The van der Waals surface area contributed by atoms with Crippen molar-refractivity contribution < 1.29 is 14.3 Å². The molecule has 1 aromatic heterocycles. The van der Waals surface area contributed by atoms with Gasteiger partial charge in [0, 0.05) is 15.7 Å². The van der Waals surface area contributed by atoms with E-state index >= 15 is 0 Å². The Morgan fingerprint density at radius 3 is 2.43 bits per heavy atom. The van der Waals surface area contributed by atoms with E-state index in [9.17, 15) is 9.59 Å². The summed E-state index contributed by atoms with van der Waals surface area (Å²) in [6.45, 7) is 5.35. The van der Waals surface area contributed by atoms with Gasteiger partial charge in [-0.1, -0.05) is 46.3 Å². The predicted octanol–water partition coefficient (Wildman–Crippen LogP) is 4.21. The van der Waals surface area contributed by atoms with Crippen molar-refractivity contribution >= 4 is 27.8 Å². The molecule has 0 saturated heterocycles. The Hall–Kier alpha value is -2.93. The minimum atomic E-state index is -0.458. The van der Waals surface area contributed by atoms with E-state index in [1.807, 2.05) is 80.1 Å². The number of para-hydroxylation sites is 1. The van der Waals surface area contributed by atoms with Crippen LogP contribution >= 0.6 is 15.9 Å². The number of aryl methyl sites for hydroxylation is 1. The molecule has 0 aliphatic carbocycles. The molecule has 30 heavy (non-hydrogen) atoms. The van der Waals surface area contributed by atoms with Crippen LogP contribution in [0, 0.1) is 13.8 Å². The Kier molecular flexibility index (Phi) is 7.05. The molecule has 3 aromatic rings. The van der Waals surface area contributed by atoms with Crippen molar-refractivity contribution in [1.29, 1.82) is 0 Å². The summed E-state index contributed by atoms with van der Waals surface area (Å²) in [4.78, 5) is 24.5. The molecule has 3 rings (SSSR count). The van der Waals surface area contributed by atoms with Crippen LogP contribution in [0.25, 0.3) is 5.69 Å². The Morgan fingerprint density at radius 1 is 1.10 bits per heavy atom. The molecule has 0 radical (unpaired) electrons. The molecule has 156 valence electrons. The second-order valence-corrected chi connectivity index (χ2v) is 7.99. The molecule has 1 amide bonds. The van der Waals surface area contributed by atoms with Crippen molar-refractivity contribution in [2.75, 3.05) is 6.61 Å². The van der Waals surface area contributed by atoms with E-state index in [4.69, 9.17) is 4.74 Å². The van der Waals surface area contributed by atoms with Crippen LogP contribution < -0.4 is 5.32 Å². The number of aromatic nitrogens is 2. The molecule has 0 bridgehead atoms. The van der Waals surface area contributed by atoms with E-state index in [1.165, 1.54) is 0 Å². The number of esters is 1. The second-order valence-electron chi connectivity index (χ2n) is 7.07. The number of hydrogen-bond acceptors (Lipinski definition) is 4. The van der Waals surface area contributed by atoms with Gasteiger partial charge < -0.3 is 10.1 Å². The quantitative estimate of drug-likeness (QED) is 0.525. The fourth-order valence-corrected chi connectivity index (χ4v) is 3.48. The molecule has 0 fully saturated rings. The standard InChI is InChI=1S/C23H24BrN3O3/c1-15(18-9-11-19(24)12-10-18)25-22(28)14-30-23(29)13-21-16(2)26-27(17(21)3)20-7-5-4-6-8-20/h4-12,15H,13-14H2,1-3H3,(H,25,28). The van der Waals surface area contributed by atoms with Crippen molar-refractivity contribution in [3.8, 4) is 5.69 Å². The number of hydrogen-bond donors (Lipinski definition) is 1. The summed E-state index contributed by atoms with van der Waals surface area (Å²) in [6, 6.07) is 17.2. The third-order valence-corrected chi connectivity index (χ3v) is 5.40. The molecular weight excluding hydrogens is 446 g/mol. The van der Waals surface area contributed by atoms with Crippen LogP contribution in [0.15, 0.2) is 59.1 Å². The van der Waals surface area contributed by atoms with E-state index in [2.05, 4.69) is 26.3 Å². The third kappa shape index (κ3) is 5.36. The van der Waals surface area contributed by atoms with Crippen molar-refractivity contribution in [3.63, 3.8) is 0 Å². The highest BCUT2D eigenvalue weighted by molar-refractivity contribution is 9.10. The Bertz CT molecular complexity index is 1030. The van der Waals surface area contributed by atoms with Gasteiger partial charge in [0.1, 0.15) is 0 Å². The van der Waals surface area contributed by atoms with Crippen molar-refractivity contribution in [1.82, 2.24) is 15.1 Å². The SMILES string of the molecule is Cc1nn(-c2ccccc2)c(C)c1CC(=O)OCC(=O)NC(C)c1ccc(Br)cc1. The van der Waals surface area contributed by atoms with Crippen LogP contribution in [0.3, 0.4) is 0 Å². The van der Waals surface area contributed by atoms with Crippen molar-refractivity contribution in [2.24, 2.45) is 0 Å². The number of halogens is 1. The zero-order valence-electron chi connectivity index (χ0n) is 17.2. The average molecular weight is 470 g/mol. The monoisotopic (exact) mass is 469 g/mol. The summed E-state index contributed by atoms with van der Waals surface area (Å²) in [7, 11) is 0. The number of nitrogens with one attached hydrogen (secondary N) is 1. The van der Waals surface area contributed by atoms with Gasteiger partial charge in [-0.15, -0.1) is 0 Å². The van der Waals surface area contributed by atoms with E-state index in [0.717, 1.165) is 32.7 Å². The van der Waals surface area contributed by atoms with Gasteiger partial charge in [-0.2, -0.15) is 5.10 Å². The number of nitrogens with zero attached hydrogens (tertiary/aromatic N) is 2. The van der Waals surface area contributed by atoms with Crippen molar-refractivity contribution in [3.05, 3.63) is 81.6 Å². The number of amides is 1. The highest BCUT2D eigenvalue weighted by Gasteiger charge is 2.18. The van der Waals surface area contributed by atoms with Gasteiger partial charge in [-0.3, -0.25) is 9.59 Å². The Labute approximate surface area is 184 Å². The van der Waals surface area contributed by atoms with Crippen LogP contribution in [0.4, 0.5) is 0 Å². The Morgan fingerprint density at radius 2 is 1.77 bits per heavy atom. The number of rotatable bonds is 7. The van der Waals surface area contributed by atoms with Crippen LogP contribution in [-0.2, 0) is 20.7 Å². The highest BCUT2D eigenvalue weighted by atomic mass is 79.9. The zero-order valence-corrected chi connectivity index (χ0v) is 18.8. The molecule has 1 heterocycles. The van der Waals surface area contributed by atoms with Gasteiger partial charge in [0.2, 0.25) is 0 Å². The Balaban J connectivity index is 1.55. The maximum absolute atomic E-state index is 12.3. The summed E-state index contributed by atoms with van der Waals surface area (Å²) in [5.41, 5.74) is 4.36. The lowest BCUT2D eigenvalue weighted by Crippen LogP contribution is -2.31. The topological polar surface area (TPSA) is 73.2 Å². The maximum atomic E-state index is 12.3. The molecule has 6 nitrogen and oxygen atoms in total. The first-order valence-electron chi connectivity index (χ1n) is 9.66. The second kappa shape index (κ2) is 9.71. The highest BCUT2D eigenvalue weighted by Crippen LogP contribution is 2.19. The minimum absolute atomic E-state index is 0.0695. The summed E-state index contributed by atoms with van der Waals surface area (Å²) in [5.74, 6) is -0.799. The minimum Gasteiger partial charge on any atom is -0.455 e. The molecule has 1 atom stereocenters. The van der Waals surface area contributed by atoms with Gasteiger partial charge in [-0.05, 0) is 50.6 Å². The van der Waals surface area contributed by atoms with Gasteiger partial charge in [0.25, 0.3) is 5.91 Å². The molecule has 0 aliphatic rings. The van der Waals surface area contributed by atoms with Crippen LogP contribution in [-0.4, -0.2) is 28.3 Å². The van der Waals surface area contributed by atoms with Crippen LogP contribution in [0.5, 0.6) is 0 Å². The van der Waals surface area contributed by atoms with Gasteiger partial charge in [0.15, 0.2) is 6.61 Å². The number of ether oxygens (including phenoxy) is 1. The summed E-state index contributed by atoms with van der Waals surface area (Å²) < 4.78 is 7.98. The molecule has 1 N–H and O–H groups in total. The molecular formula is C23H24BrN3O3. The van der Waals surface area contributed by atoms with Gasteiger partial charge in [0.05, 0.1) is 23.8 Å². The van der Waals surface area contributed by atoms with E-state index in [0.29, 0.717) is 0 Å². The summed E-state index contributed by atoms with van der Waals surface area (Å²) in [6.07, 6.45) is 0.0695.